The molecular formula is C12H14ClNO3S2. The van der Waals surface area contributed by atoms with E-state index in [1.165, 1.54) is 18.3 Å². The predicted molar refractivity (Wildman–Crippen MR) is 78.4 cm³/mol. The standard InChI is InChI=1S/C12H14ClNO3S2/c1-7(15)6-14-19(16,17)12-8(2)10-5-9(13)3-4-11(10)18-12/h3-5,7,14-15H,6H2,1-2H3. The van der Waals surface area contributed by atoms with Gasteiger partial charge in [-0.25, -0.2) is 13.1 Å². The number of rotatable bonds is 4. The van der Waals surface area contributed by atoms with Crippen molar-refractivity contribution in [2.24, 2.45) is 0 Å². The molecule has 0 radical (unpaired) electrons. The Morgan fingerprint density at radius 2 is 2.16 bits per heavy atom. The fourth-order valence-corrected chi connectivity index (χ4v) is 4.81. The smallest absolute Gasteiger partial charge is 0.250 e. The van der Waals surface area contributed by atoms with E-state index in [-0.39, 0.29) is 10.8 Å². The van der Waals surface area contributed by atoms with Crippen molar-refractivity contribution in [2.75, 3.05) is 6.54 Å². The summed E-state index contributed by atoms with van der Waals surface area (Å²) < 4.78 is 27.9. The minimum absolute atomic E-state index is 0.00320. The van der Waals surface area contributed by atoms with Crippen LogP contribution in [0, 0.1) is 6.92 Å². The summed E-state index contributed by atoms with van der Waals surface area (Å²) in [5.41, 5.74) is 0.681. The molecule has 0 aliphatic heterocycles. The largest absolute Gasteiger partial charge is 0.392 e. The third-order valence-electron chi connectivity index (χ3n) is 2.67. The second-order valence-corrected chi connectivity index (χ2v) is 7.81. The second-order valence-electron chi connectivity index (χ2n) is 4.36. The zero-order valence-corrected chi connectivity index (χ0v) is 12.9. The SMILES string of the molecule is Cc1c(S(=O)(=O)NCC(C)O)sc2ccc(Cl)cc12. The summed E-state index contributed by atoms with van der Waals surface area (Å²) in [5, 5.41) is 10.6. The Balaban J connectivity index is 2.48. The molecule has 1 unspecified atom stereocenters. The molecule has 1 heterocycles. The maximum atomic E-state index is 12.2. The van der Waals surface area contributed by atoms with E-state index in [4.69, 9.17) is 16.7 Å². The molecule has 2 rings (SSSR count). The molecule has 0 spiro atoms. The van der Waals surface area contributed by atoms with Gasteiger partial charge in [0.2, 0.25) is 10.0 Å². The van der Waals surface area contributed by atoms with Crippen molar-refractivity contribution in [3.63, 3.8) is 0 Å². The molecule has 0 saturated heterocycles. The Kier molecular flexibility index (Phi) is 4.17. The van der Waals surface area contributed by atoms with E-state index >= 15 is 0 Å². The third kappa shape index (κ3) is 3.09. The minimum Gasteiger partial charge on any atom is -0.392 e. The molecule has 0 bridgehead atoms. The summed E-state index contributed by atoms with van der Waals surface area (Å²) in [6.45, 7) is 3.28. The Bertz CT molecular complexity index is 707. The number of nitrogens with one attached hydrogen (secondary N) is 1. The number of thiophene rings is 1. The van der Waals surface area contributed by atoms with Gasteiger partial charge in [0, 0.05) is 16.3 Å². The average Bonchev–Trinajstić information content (AvgIpc) is 2.65. The van der Waals surface area contributed by atoms with Crippen molar-refractivity contribution in [1.82, 2.24) is 4.72 Å². The van der Waals surface area contributed by atoms with Crippen molar-refractivity contribution < 1.29 is 13.5 Å². The highest BCUT2D eigenvalue weighted by atomic mass is 35.5. The number of sulfonamides is 1. The van der Waals surface area contributed by atoms with Crippen LogP contribution in [-0.2, 0) is 10.0 Å². The highest BCUT2D eigenvalue weighted by Crippen LogP contribution is 2.35. The van der Waals surface area contributed by atoms with E-state index in [0.717, 1.165) is 10.1 Å². The summed E-state index contributed by atoms with van der Waals surface area (Å²) in [6.07, 6.45) is -0.723. The van der Waals surface area contributed by atoms with Crippen LogP contribution >= 0.6 is 22.9 Å². The lowest BCUT2D eigenvalue weighted by molar-refractivity contribution is 0.198. The van der Waals surface area contributed by atoms with Crippen LogP contribution in [0.2, 0.25) is 5.02 Å². The van der Waals surface area contributed by atoms with Crippen molar-refractivity contribution in [1.29, 1.82) is 0 Å². The van der Waals surface area contributed by atoms with Gasteiger partial charge in [0.05, 0.1) is 6.10 Å². The molecule has 0 aliphatic rings. The molecular weight excluding hydrogens is 306 g/mol. The van der Waals surface area contributed by atoms with Gasteiger partial charge in [0.15, 0.2) is 0 Å². The molecule has 1 atom stereocenters. The van der Waals surface area contributed by atoms with E-state index in [0.29, 0.717) is 10.6 Å². The van der Waals surface area contributed by atoms with Gasteiger partial charge in [-0.2, -0.15) is 0 Å². The second kappa shape index (κ2) is 5.38. The Hall–Kier alpha value is -0.660. The first kappa shape index (κ1) is 14.7. The summed E-state index contributed by atoms with van der Waals surface area (Å²) in [7, 11) is -3.60. The van der Waals surface area contributed by atoms with Crippen molar-refractivity contribution >= 4 is 43.0 Å². The minimum atomic E-state index is -3.60. The Morgan fingerprint density at radius 3 is 2.79 bits per heavy atom. The summed E-state index contributed by atoms with van der Waals surface area (Å²) in [4.78, 5) is 0. The van der Waals surface area contributed by atoms with Gasteiger partial charge in [-0.05, 0) is 43.0 Å². The Labute approximate surface area is 121 Å². The van der Waals surface area contributed by atoms with E-state index in [2.05, 4.69) is 4.72 Å². The van der Waals surface area contributed by atoms with Crippen molar-refractivity contribution in [3.05, 3.63) is 28.8 Å². The topological polar surface area (TPSA) is 66.4 Å². The predicted octanol–water partition coefficient (Wildman–Crippen LogP) is 2.52. The number of benzene rings is 1. The normalized spacial score (nSPS) is 13.9. The first-order chi connectivity index (χ1) is 8.81. The van der Waals surface area contributed by atoms with Crippen LogP contribution in [0.15, 0.2) is 22.4 Å². The van der Waals surface area contributed by atoms with Crippen LogP contribution in [0.4, 0.5) is 0 Å². The average molecular weight is 320 g/mol. The molecule has 19 heavy (non-hydrogen) atoms. The van der Waals surface area contributed by atoms with Crippen LogP contribution in [0.1, 0.15) is 12.5 Å². The van der Waals surface area contributed by atoms with Gasteiger partial charge >= 0.3 is 0 Å². The van der Waals surface area contributed by atoms with Gasteiger partial charge in [-0.3, -0.25) is 0 Å². The summed E-state index contributed by atoms with van der Waals surface area (Å²) in [5.74, 6) is 0. The molecule has 0 fully saturated rings. The highest BCUT2D eigenvalue weighted by Gasteiger charge is 2.21. The maximum Gasteiger partial charge on any atom is 0.250 e. The fraction of sp³-hybridized carbons (Fsp3) is 0.333. The van der Waals surface area contributed by atoms with Crippen LogP contribution in [-0.4, -0.2) is 26.2 Å². The number of fused-ring (bicyclic) bond motifs is 1. The third-order valence-corrected chi connectivity index (χ3v) is 6.22. The van der Waals surface area contributed by atoms with Crippen LogP contribution < -0.4 is 4.72 Å². The van der Waals surface area contributed by atoms with Gasteiger partial charge in [-0.15, -0.1) is 11.3 Å². The number of aryl methyl sites for hydroxylation is 1. The first-order valence-corrected chi connectivity index (χ1v) is 8.35. The molecule has 0 amide bonds. The highest BCUT2D eigenvalue weighted by molar-refractivity contribution is 7.91. The van der Waals surface area contributed by atoms with Gasteiger partial charge in [-0.1, -0.05) is 11.6 Å². The lowest BCUT2D eigenvalue weighted by Gasteiger charge is -2.07. The number of aliphatic hydroxyl groups is 1. The molecule has 2 N–H and O–H groups in total. The number of hydrogen-bond donors (Lipinski definition) is 2. The zero-order valence-electron chi connectivity index (χ0n) is 10.5. The van der Waals surface area contributed by atoms with Crippen LogP contribution in [0.25, 0.3) is 10.1 Å². The fourth-order valence-electron chi connectivity index (χ4n) is 1.72. The molecule has 7 heteroatoms. The molecule has 1 aromatic heterocycles. The molecule has 0 saturated carbocycles. The van der Waals surface area contributed by atoms with E-state index in [1.807, 2.05) is 6.07 Å². The first-order valence-electron chi connectivity index (χ1n) is 5.67. The number of halogens is 1. The zero-order chi connectivity index (χ0) is 14.2. The van der Waals surface area contributed by atoms with Crippen LogP contribution in [0.3, 0.4) is 0 Å². The van der Waals surface area contributed by atoms with Gasteiger partial charge < -0.3 is 5.11 Å². The van der Waals surface area contributed by atoms with Crippen molar-refractivity contribution in [2.45, 2.75) is 24.2 Å². The van der Waals surface area contributed by atoms with E-state index in [1.54, 1.807) is 19.1 Å². The van der Waals surface area contributed by atoms with E-state index in [9.17, 15) is 8.42 Å². The summed E-state index contributed by atoms with van der Waals surface area (Å²) in [6, 6.07) is 5.30. The molecule has 1 aromatic carbocycles. The van der Waals surface area contributed by atoms with Crippen molar-refractivity contribution in [3.8, 4) is 0 Å². The Morgan fingerprint density at radius 1 is 1.47 bits per heavy atom. The molecule has 0 aliphatic carbocycles. The lowest BCUT2D eigenvalue weighted by atomic mass is 10.2. The molecule has 2 aromatic rings. The quantitative estimate of drug-likeness (QED) is 0.910. The molecule has 104 valence electrons. The van der Waals surface area contributed by atoms with Gasteiger partial charge in [0.1, 0.15) is 4.21 Å². The molecule has 4 nitrogen and oxygen atoms in total. The summed E-state index contributed by atoms with van der Waals surface area (Å²) >= 11 is 7.12. The van der Waals surface area contributed by atoms with Crippen LogP contribution in [0.5, 0.6) is 0 Å². The maximum absolute atomic E-state index is 12.2. The van der Waals surface area contributed by atoms with E-state index < -0.39 is 16.1 Å². The number of aliphatic hydroxyl groups excluding tert-OH is 1. The monoisotopic (exact) mass is 319 g/mol. The number of hydrogen-bond acceptors (Lipinski definition) is 4. The van der Waals surface area contributed by atoms with Gasteiger partial charge in [0.25, 0.3) is 0 Å². The lowest BCUT2D eigenvalue weighted by Crippen LogP contribution is -2.30.